The zero-order chi connectivity index (χ0) is 13.5. The number of nitrogens with one attached hydrogen (secondary N) is 2. The second kappa shape index (κ2) is 5.17. The molecule has 3 rings (SSSR count). The van der Waals surface area contributed by atoms with E-state index in [2.05, 4.69) is 59.5 Å². The fourth-order valence-corrected chi connectivity index (χ4v) is 8.85. The Morgan fingerprint density at radius 2 is 1.79 bits per heavy atom. The first kappa shape index (κ1) is 13.6. The number of hydrogen-bond acceptors (Lipinski definition) is 3. The van der Waals surface area contributed by atoms with Gasteiger partial charge in [-0.25, -0.2) is 0 Å². The van der Waals surface area contributed by atoms with Crippen molar-refractivity contribution in [2.45, 2.75) is 32.0 Å². The van der Waals surface area contributed by atoms with E-state index in [1.54, 1.807) is 0 Å². The smallest absolute Gasteiger partial charge is 0.129 e. The van der Waals surface area contributed by atoms with Crippen LogP contribution in [0.25, 0.3) is 0 Å². The normalized spacial score (nSPS) is 39.5. The largest absolute Gasteiger partial charge is 0.299 e. The lowest BCUT2D eigenvalue weighted by molar-refractivity contribution is 0.280. The van der Waals surface area contributed by atoms with E-state index in [0.717, 1.165) is 43.3 Å². The minimum atomic E-state index is -1.42. The van der Waals surface area contributed by atoms with Crippen molar-refractivity contribution in [2.24, 2.45) is 17.8 Å². The van der Waals surface area contributed by atoms with E-state index in [4.69, 9.17) is 0 Å². The minimum Gasteiger partial charge on any atom is -0.299 e. The van der Waals surface area contributed by atoms with Gasteiger partial charge in [0, 0.05) is 20.0 Å². The minimum absolute atomic E-state index is 0.781. The molecule has 0 aromatic rings. The number of hydrogen-bond donors (Lipinski definition) is 2. The molecule has 1 heterocycles. The molecular formula is C15H27N3Si. The van der Waals surface area contributed by atoms with Gasteiger partial charge in [0.1, 0.15) is 8.24 Å². The molecular weight excluding hydrogens is 250 g/mol. The summed E-state index contributed by atoms with van der Waals surface area (Å²) in [6.07, 6.45) is 10.8. The third kappa shape index (κ3) is 2.35. The van der Waals surface area contributed by atoms with Crippen LogP contribution in [-0.4, -0.2) is 32.8 Å². The molecule has 106 valence electrons. The average Bonchev–Trinajstić information content (AvgIpc) is 2.76. The van der Waals surface area contributed by atoms with E-state index in [0.29, 0.717) is 0 Å². The van der Waals surface area contributed by atoms with Crippen LogP contribution in [0.15, 0.2) is 24.3 Å². The van der Waals surface area contributed by atoms with E-state index in [1.807, 2.05) is 0 Å². The Morgan fingerprint density at radius 1 is 1.11 bits per heavy atom. The SMILES string of the molecule is CC1CC2C=CC=CC2C1[Si](C)(C)N1CNCNC1. The highest BCUT2D eigenvalue weighted by molar-refractivity contribution is 6.76. The Balaban J connectivity index is 1.82. The van der Waals surface area contributed by atoms with Gasteiger partial charge in [-0.05, 0) is 29.7 Å². The molecule has 0 aromatic carbocycles. The van der Waals surface area contributed by atoms with Crippen molar-refractivity contribution in [1.29, 1.82) is 0 Å². The summed E-state index contributed by atoms with van der Waals surface area (Å²) in [7, 11) is -1.42. The summed E-state index contributed by atoms with van der Waals surface area (Å²) in [5, 5.41) is 6.94. The van der Waals surface area contributed by atoms with Crippen molar-refractivity contribution >= 4 is 8.24 Å². The van der Waals surface area contributed by atoms with Crippen molar-refractivity contribution < 1.29 is 0 Å². The first-order valence-electron chi connectivity index (χ1n) is 7.62. The Labute approximate surface area is 118 Å². The van der Waals surface area contributed by atoms with Crippen LogP contribution in [0.4, 0.5) is 0 Å². The lowest BCUT2D eigenvalue weighted by Gasteiger charge is -2.46. The third-order valence-electron chi connectivity index (χ3n) is 5.45. The molecule has 4 heteroatoms. The number of nitrogens with zero attached hydrogens (tertiary/aromatic N) is 1. The molecule has 2 fully saturated rings. The van der Waals surface area contributed by atoms with Crippen LogP contribution in [0.5, 0.6) is 0 Å². The maximum atomic E-state index is 3.47. The Hall–Kier alpha value is -0.423. The molecule has 0 amide bonds. The van der Waals surface area contributed by atoms with Gasteiger partial charge in [0.15, 0.2) is 0 Å². The highest BCUT2D eigenvalue weighted by Crippen LogP contribution is 2.53. The van der Waals surface area contributed by atoms with Gasteiger partial charge in [0.25, 0.3) is 0 Å². The van der Waals surface area contributed by atoms with Crippen molar-refractivity contribution in [2.75, 3.05) is 20.0 Å². The summed E-state index contributed by atoms with van der Waals surface area (Å²) >= 11 is 0. The van der Waals surface area contributed by atoms with Gasteiger partial charge in [-0.3, -0.25) is 15.2 Å². The molecule has 0 bridgehead atoms. The van der Waals surface area contributed by atoms with E-state index in [-0.39, 0.29) is 0 Å². The van der Waals surface area contributed by atoms with Crippen molar-refractivity contribution in [3.63, 3.8) is 0 Å². The molecule has 1 saturated heterocycles. The van der Waals surface area contributed by atoms with Crippen LogP contribution in [0.2, 0.25) is 18.6 Å². The highest BCUT2D eigenvalue weighted by atomic mass is 28.3. The monoisotopic (exact) mass is 277 g/mol. The quantitative estimate of drug-likeness (QED) is 0.759. The zero-order valence-corrected chi connectivity index (χ0v) is 13.4. The Kier molecular flexibility index (Phi) is 3.69. The predicted octanol–water partition coefficient (Wildman–Crippen LogP) is 2.33. The van der Waals surface area contributed by atoms with E-state index in [1.165, 1.54) is 6.42 Å². The van der Waals surface area contributed by atoms with E-state index < -0.39 is 8.24 Å². The molecule has 0 radical (unpaired) electrons. The summed E-state index contributed by atoms with van der Waals surface area (Å²) in [5.41, 5.74) is 0.875. The van der Waals surface area contributed by atoms with Gasteiger partial charge in [0.2, 0.25) is 0 Å². The van der Waals surface area contributed by atoms with Gasteiger partial charge in [0.05, 0.1) is 0 Å². The molecule has 4 unspecified atom stereocenters. The van der Waals surface area contributed by atoms with Gasteiger partial charge >= 0.3 is 0 Å². The molecule has 0 aromatic heterocycles. The maximum absolute atomic E-state index is 3.47. The lowest BCUT2D eigenvalue weighted by atomic mass is 9.92. The van der Waals surface area contributed by atoms with E-state index in [9.17, 15) is 0 Å². The number of fused-ring (bicyclic) bond motifs is 1. The van der Waals surface area contributed by atoms with Crippen LogP contribution in [0.1, 0.15) is 13.3 Å². The van der Waals surface area contributed by atoms with Gasteiger partial charge in [-0.15, -0.1) is 0 Å². The summed E-state index contributed by atoms with van der Waals surface area (Å²) in [4.78, 5) is 0. The maximum Gasteiger partial charge on any atom is 0.129 e. The zero-order valence-electron chi connectivity index (χ0n) is 12.4. The Morgan fingerprint density at radius 3 is 2.53 bits per heavy atom. The van der Waals surface area contributed by atoms with Crippen molar-refractivity contribution in [1.82, 2.24) is 15.2 Å². The number of rotatable bonds is 2. The molecule has 0 spiro atoms. The fraction of sp³-hybridized carbons (Fsp3) is 0.733. The van der Waals surface area contributed by atoms with Crippen LogP contribution in [0, 0.1) is 17.8 Å². The summed E-state index contributed by atoms with van der Waals surface area (Å²) in [5.74, 6) is 2.43. The van der Waals surface area contributed by atoms with Crippen LogP contribution < -0.4 is 10.6 Å². The highest BCUT2D eigenvalue weighted by Gasteiger charge is 2.50. The summed E-state index contributed by atoms with van der Waals surface area (Å²) in [6, 6.07) is 0. The van der Waals surface area contributed by atoms with E-state index >= 15 is 0 Å². The summed E-state index contributed by atoms with van der Waals surface area (Å²) in [6.45, 7) is 10.7. The third-order valence-corrected chi connectivity index (χ3v) is 9.99. The van der Waals surface area contributed by atoms with Crippen LogP contribution in [-0.2, 0) is 0 Å². The molecule has 3 nitrogen and oxygen atoms in total. The first-order valence-corrected chi connectivity index (χ1v) is 10.6. The molecule has 19 heavy (non-hydrogen) atoms. The van der Waals surface area contributed by atoms with Gasteiger partial charge in [-0.1, -0.05) is 44.3 Å². The van der Waals surface area contributed by atoms with Gasteiger partial charge < -0.3 is 0 Å². The molecule has 2 aliphatic carbocycles. The molecule has 3 aliphatic rings. The predicted molar refractivity (Wildman–Crippen MR) is 83.0 cm³/mol. The average molecular weight is 277 g/mol. The lowest BCUT2D eigenvalue weighted by Crippen LogP contribution is -2.63. The van der Waals surface area contributed by atoms with Crippen LogP contribution >= 0.6 is 0 Å². The number of allylic oxidation sites excluding steroid dienone is 4. The Bertz CT molecular complexity index is 385. The fourth-order valence-electron chi connectivity index (χ4n) is 4.56. The molecule has 1 saturated carbocycles. The summed E-state index contributed by atoms with van der Waals surface area (Å²) < 4.78 is 2.70. The second-order valence-electron chi connectivity index (χ2n) is 6.94. The second-order valence-corrected chi connectivity index (χ2v) is 11.5. The van der Waals surface area contributed by atoms with Crippen molar-refractivity contribution in [3.05, 3.63) is 24.3 Å². The van der Waals surface area contributed by atoms with Gasteiger partial charge in [-0.2, -0.15) is 0 Å². The molecule has 1 aliphatic heterocycles. The molecule has 2 N–H and O–H groups in total. The van der Waals surface area contributed by atoms with Crippen molar-refractivity contribution in [3.8, 4) is 0 Å². The standard InChI is InChI=1S/C15H27N3Si/c1-12-8-13-6-4-5-7-14(13)15(12)19(2,3)18-10-16-9-17-11-18/h4-7,12-17H,8-11H2,1-3H3. The topological polar surface area (TPSA) is 27.3 Å². The molecule has 4 atom stereocenters. The van der Waals surface area contributed by atoms with Crippen LogP contribution in [0.3, 0.4) is 0 Å². The first-order chi connectivity index (χ1) is 9.10.